The van der Waals surface area contributed by atoms with Gasteiger partial charge in [-0.2, -0.15) is 0 Å². The van der Waals surface area contributed by atoms with E-state index in [0.717, 1.165) is 23.1 Å². The van der Waals surface area contributed by atoms with Crippen molar-refractivity contribution in [1.29, 1.82) is 5.41 Å². The number of hydrogen-bond donors (Lipinski definition) is 2. The monoisotopic (exact) mass is 256 g/mol. The molecule has 1 unspecified atom stereocenters. The number of nitrogens with two attached hydrogens (primary N) is 1. The van der Waals surface area contributed by atoms with Crippen LogP contribution >= 0.6 is 0 Å². The molecule has 1 atom stereocenters. The maximum absolute atomic E-state index is 7.75. The first-order valence-electron chi connectivity index (χ1n) is 6.51. The molecule has 0 radical (unpaired) electrons. The van der Waals surface area contributed by atoms with Gasteiger partial charge in [-0.3, -0.25) is 5.41 Å². The van der Waals surface area contributed by atoms with E-state index >= 15 is 0 Å². The number of aromatic nitrogens is 1. The minimum absolute atomic E-state index is 0.0587. The van der Waals surface area contributed by atoms with E-state index in [1.807, 2.05) is 37.4 Å². The molecule has 3 N–H and O–H groups in total. The lowest BCUT2D eigenvalue weighted by Gasteiger charge is -2.27. The standard InChI is InChI=1S/C15H20N4/c1-4-10(2)19(3)15-12(14(16)17)9-11-7-5-6-8-13(11)18-15/h5-10H,4H2,1-3H3,(H3,16,17). The van der Waals surface area contributed by atoms with Crippen LogP contribution in [0.4, 0.5) is 5.82 Å². The predicted octanol–water partition coefficient (Wildman–Crippen LogP) is 2.75. The van der Waals surface area contributed by atoms with E-state index in [1.165, 1.54) is 0 Å². The predicted molar refractivity (Wildman–Crippen MR) is 80.9 cm³/mol. The largest absolute Gasteiger partial charge is 0.384 e. The van der Waals surface area contributed by atoms with Gasteiger partial charge in [0.2, 0.25) is 0 Å². The number of pyridine rings is 1. The SMILES string of the molecule is CCC(C)N(C)c1nc2ccccc2cc1C(=N)N. The van der Waals surface area contributed by atoms with Crippen molar-refractivity contribution < 1.29 is 0 Å². The van der Waals surface area contributed by atoms with Crippen LogP contribution in [0.3, 0.4) is 0 Å². The molecule has 0 spiro atoms. The van der Waals surface area contributed by atoms with E-state index in [-0.39, 0.29) is 5.84 Å². The average molecular weight is 256 g/mol. The van der Waals surface area contributed by atoms with Gasteiger partial charge < -0.3 is 10.6 Å². The maximum Gasteiger partial charge on any atom is 0.140 e. The highest BCUT2D eigenvalue weighted by Crippen LogP contribution is 2.24. The van der Waals surface area contributed by atoms with Crippen molar-refractivity contribution in [3.63, 3.8) is 0 Å². The molecule has 0 saturated carbocycles. The Labute approximate surface area is 113 Å². The number of nitrogens with zero attached hydrogens (tertiary/aromatic N) is 2. The molecule has 1 aromatic heterocycles. The Balaban J connectivity index is 2.63. The summed E-state index contributed by atoms with van der Waals surface area (Å²) in [4.78, 5) is 6.76. The highest BCUT2D eigenvalue weighted by molar-refractivity contribution is 6.03. The molecule has 0 aliphatic rings. The lowest BCUT2D eigenvalue weighted by Crippen LogP contribution is -2.31. The zero-order chi connectivity index (χ0) is 14.0. The van der Waals surface area contributed by atoms with Gasteiger partial charge in [0, 0.05) is 18.5 Å². The van der Waals surface area contributed by atoms with Gasteiger partial charge in [0.05, 0.1) is 11.1 Å². The van der Waals surface area contributed by atoms with E-state index in [4.69, 9.17) is 11.1 Å². The lowest BCUT2D eigenvalue weighted by molar-refractivity contribution is 0.657. The normalized spacial score (nSPS) is 12.4. The van der Waals surface area contributed by atoms with Gasteiger partial charge in [-0.1, -0.05) is 25.1 Å². The zero-order valence-corrected chi connectivity index (χ0v) is 11.6. The summed E-state index contributed by atoms with van der Waals surface area (Å²) in [5.74, 6) is 0.837. The zero-order valence-electron chi connectivity index (χ0n) is 11.6. The Morgan fingerprint density at radius 2 is 2.11 bits per heavy atom. The van der Waals surface area contributed by atoms with Crippen LogP contribution in [-0.4, -0.2) is 23.9 Å². The van der Waals surface area contributed by atoms with E-state index < -0.39 is 0 Å². The Morgan fingerprint density at radius 3 is 2.74 bits per heavy atom. The molecule has 2 rings (SSSR count). The molecule has 1 heterocycles. The van der Waals surface area contributed by atoms with Gasteiger partial charge in [-0.15, -0.1) is 0 Å². The lowest BCUT2D eigenvalue weighted by atomic mass is 10.1. The molecule has 19 heavy (non-hydrogen) atoms. The van der Waals surface area contributed by atoms with Crippen LogP contribution in [0.2, 0.25) is 0 Å². The van der Waals surface area contributed by atoms with Crippen molar-refractivity contribution in [3.8, 4) is 0 Å². The van der Waals surface area contributed by atoms with Crippen molar-refractivity contribution in [1.82, 2.24) is 4.98 Å². The molecule has 4 heteroatoms. The summed E-state index contributed by atoms with van der Waals surface area (Å²) in [5.41, 5.74) is 7.33. The fourth-order valence-corrected chi connectivity index (χ4v) is 2.06. The molecule has 1 aromatic carbocycles. The molecule has 0 bridgehead atoms. The Bertz CT molecular complexity index is 606. The first kappa shape index (κ1) is 13.3. The first-order valence-corrected chi connectivity index (χ1v) is 6.51. The second kappa shape index (κ2) is 5.26. The summed E-state index contributed by atoms with van der Waals surface area (Å²) in [6.07, 6.45) is 1.02. The van der Waals surface area contributed by atoms with Gasteiger partial charge >= 0.3 is 0 Å². The third kappa shape index (κ3) is 2.52. The Morgan fingerprint density at radius 1 is 1.42 bits per heavy atom. The van der Waals surface area contributed by atoms with E-state index in [1.54, 1.807) is 0 Å². The topological polar surface area (TPSA) is 66.0 Å². The molecule has 2 aromatic rings. The molecule has 100 valence electrons. The summed E-state index contributed by atoms with van der Waals surface area (Å²) in [6.45, 7) is 4.27. The molecule has 0 amide bonds. The van der Waals surface area contributed by atoms with Crippen molar-refractivity contribution in [2.24, 2.45) is 5.73 Å². The number of nitrogens with one attached hydrogen (secondary N) is 1. The maximum atomic E-state index is 7.75. The van der Waals surface area contributed by atoms with E-state index in [0.29, 0.717) is 11.6 Å². The molecular formula is C15H20N4. The van der Waals surface area contributed by atoms with Gasteiger partial charge in [-0.25, -0.2) is 4.98 Å². The molecule has 0 aliphatic carbocycles. The van der Waals surface area contributed by atoms with Gasteiger partial charge in [0.15, 0.2) is 0 Å². The Kier molecular flexibility index (Phi) is 3.69. The van der Waals surface area contributed by atoms with Crippen LogP contribution in [0.1, 0.15) is 25.8 Å². The quantitative estimate of drug-likeness (QED) is 0.653. The molecular weight excluding hydrogens is 236 g/mol. The summed E-state index contributed by atoms with van der Waals surface area (Å²) >= 11 is 0. The molecule has 0 saturated heterocycles. The molecule has 4 nitrogen and oxygen atoms in total. The smallest absolute Gasteiger partial charge is 0.140 e. The van der Waals surface area contributed by atoms with E-state index in [9.17, 15) is 0 Å². The van der Waals surface area contributed by atoms with Crippen molar-refractivity contribution in [3.05, 3.63) is 35.9 Å². The highest BCUT2D eigenvalue weighted by Gasteiger charge is 2.16. The number of amidine groups is 1. The number of hydrogen-bond acceptors (Lipinski definition) is 3. The van der Waals surface area contributed by atoms with Crippen molar-refractivity contribution in [2.45, 2.75) is 26.3 Å². The summed E-state index contributed by atoms with van der Waals surface area (Å²) in [7, 11) is 2.00. The molecule has 0 aliphatic heterocycles. The van der Waals surface area contributed by atoms with Crippen LogP contribution in [0, 0.1) is 5.41 Å². The van der Waals surface area contributed by atoms with Crippen LogP contribution in [0.5, 0.6) is 0 Å². The Hall–Kier alpha value is -2.10. The van der Waals surface area contributed by atoms with Crippen molar-refractivity contribution >= 4 is 22.6 Å². The van der Waals surface area contributed by atoms with Gasteiger partial charge in [-0.05, 0) is 25.5 Å². The fourth-order valence-electron chi connectivity index (χ4n) is 2.06. The number of para-hydroxylation sites is 1. The van der Waals surface area contributed by atoms with Crippen LogP contribution < -0.4 is 10.6 Å². The van der Waals surface area contributed by atoms with Crippen LogP contribution in [0.15, 0.2) is 30.3 Å². The minimum atomic E-state index is 0.0587. The fraction of sp³-hybridized carbons (Fsp3) is 0.333. The number of benzene rings is 1. The van der Waals surface area contributed by atoms with Crippen molar-refractivity contribution in [2.75, 3.05) is 11.9 Å². The van der Waals surface area contributed by atoms with Gasteiger partial charge in [0.25, 0.3) is 0 Å². The number of anilines is 1. The summed E-state index contributed by atoms with van der Waals surface area (Å²) in [5, 5.41) is 8.76. The summed E-state index contributed by atoms with van der Waals surface area (Å²) < 4.78 is 0. The minimum Gasteiger partial charge on any atom is -0.384 e. The number of nitrogen functional groups attached to an aromatic ring is 1. The second-order valence-electron chi connectivity index (χ2n) is 4.83. The third-order valence-corrected chi connectivity index (χ3v) is 3.58. The second-order valence-corrected chi connectivity index (χ2v) is 4.83. The first-order chi connectivity index (χ1) is 9.04. The summed E-state index contributed by atoms with van der Waals surface area (Å²) in [6, 6.07) is 10.2. The van der Waals surface area contributed by atoms with E-state index in [2.05, 4.69) is 23.7 Å². The van der Waals surface area contributed by atoms with Crippen LogP contribution in [0.25, 0.3) is 10.9 Å². The molecule has 0 fully saturated rings. The van der Waals surface area contributed by atoms with Gasteiger partial charge in [0.1, 0.15) is 11.7 Å². The third-order valence-electron chi connectivity index (χ3n) is 3.58. The average Bonchev–Trinajstić information content (AvgIpc) is 2.44. The van der Waals surface area contributed by atoms with Crippen LogP contribution in [-0.2, 0) is 0 Å². The number of fused-ring (bicyclic) bond motifs is 1. The highest BCUT2D eigenvalue weighted by atomic mass is 15.2. The number of rotatable bonds is 4.